The lowest BCUT2D eigenvalue weighted by Crippen LogP contribution is -2.44. The fraction of sp³-hybridized carbons (Fsp3) is 0.350. The van der Waals surface area contributed by atoms with E-state index in [9.17, 15) is 14.4 Å². The Bertz CT molecular complexity index is 1150. The molecule has 9 heteroatoms. The van der Waals surface area contributed by atoms with E-state index in [4.69, 9.17) is 11.6 Å². The number of rotatable bonds is 7. The van der Waals surface area contributed by atoms with Crippen molar-refractivity contribution in [3.63, 3.8) is 0 Å². The number of halogens is 1. The van der Waals surface area contributed by atoms with Gasteiger partial charge in [-0.1, -0.05) is 24.9 Å². The average Bonchev–Trinajstić information content (AvgIpc) is 2.72. The van der Waals surface area contributed by atoms with Crippen LogP contribution in [0.25, 0.3) is 22.4 Å². The lowest BCUT2D eigenvalue weighted by atomic mass is 10.2. The molecule has 3 rings (SSSR count). The zero-order valence-corrected chi connectivity index (χ0v) is 17.1. The van der Waals surface area contributed by atoms with Gasteiger partial charge in [0.05, 0.1) is 0 Å². The molecule has 0 saturated heterocycles. The molecule has 0 aliphatic carbocycles. The number of benzene rings is 1. The van der Waals surface area contributed by atoms with Crippen molar-refractivity contribution in [2.75, 3.05) is 6.54 Å². The van der Waals surface area contributed by atoms with E-state index in [-0.39, 0.29) is 23.5 Å². The van der Waals surface area contributed by atoms with Crippen LogP contribution in [0.15, 0.2) is 40.1 Å². The highest BCUT2D eigenvalue weighted by Crippen LogP contribution is 2.19. The molecule has 8 nitrogen and oxygen atoms in total. The van der Waals surface area contributed by atoms with Gasteiger partial charge in [-0.05, 0) is 37.6 Å². The minimum atomic E-state index is -0.581. The van der Waals surface area contributed by atoms with Crippen molar-refractivity contribution < 1.29 is 4.79 Å². The summed E-state index contributed by atoms with van der Waals surface area (Å²) < 4.78 is 2.30. The Labute approximate surface area is 172 Å². The fourth-order valence-electron chi connectivity index (χ4n) is 2.96. The van der Waals surface area contributed by atoms with E-state index in [0.717, 1.165) is 17.4 Å². The Morgan fingerprint density at radius 1 is 1.14 bits per heavy atom. The minimum absolute atomic E-state index is 0.186. The summed E-state index contributed by atoms with van der Waals surface area (Å²) in [5.41, 5.74) is -0.199. The molecule has 152 valence electrons. The number of nitrogens with zero attached hydrogens (tertiary/aromatic N) is 4. The number of carbonyl (C=O) groups is 1. The van der Waals surface area contributed by atoms with Crippen molar-refractivity contribution in [2.24, 2.45) is 0 Å². The summed E-state index contributed by atoms with van der Waals surface area (Å²) in [6, 6.07) is 6.96. The smallest absolute Gasteiger partial charge is 0.333 e. The maximum Gasteiger partial charge on any atom is 0.333 e. The van der Waals surface area contributed by atoms with E-state index in [0.29, 0.717) is 29.5 Å². The van der Waals surface area contributed by atoms with E-state index in [1.54, 1.807) is 31.2 Å². The molecule has 29 heavy (non-hydrogen) atoms. The maximum atomic E-state index is 12.9. The van der Waals surface area contributed by atoms with Gasteiger partial charge in [-0.15, -0.1) is 0 Å². The largest absolute Gasteiger partial charge is 0.355 e. The van der Waals surface area contributed by atoms with Gasteiger partial charge >= 0.3 is 5.69 Å². The molecule has 1 N–H and O–H groups in total. The predicted molar refractivity (Wildman–Crippen MR) is 112 cm³/mol. The zero-order valence-electron chi connectivity index (χ0n) is 16.3. The molecule has 2 aromatic heterocycles. The first kappa shape index (κ1) is 20.7. The number of amides is 1. The number of fused-ring (bicyclic) bond motifs is 1. The molecule has 0 radical (unpaired) electrons. The molecule has 0 unspecified atom stereocenters. The van der Waals surface area contributed by atoms with Crippen LogP contribution < -0.4 is 16.6 Å². The Morgan fingerprint density at radius 3 is 2.52 bits per heavy atom. The standard InChI is InChI=1S/C20H22ClN5O3/c1-3-5-10-22-16(27)12-26-19(28)15-11-23-17(13-6-8-14(21)9-7-13)24-18(15)25(4-2)20(26)29/h6-9,11H,3-5,10,12H2,1-2H3,(H,22,27). The molecule has 3 aromatic rings. The van der Waals surface area contributed by atoms with Gasteiger partial charge in [0.2, 0.25) is 5.91 Å². The van der Waals surface area contributed by atoms with Crippen LogP contribution in [-0.4, -0.2) is 31.6 Å². The average molecular weight is 416 g/mol. The predicted octanol–water partition coefficient (Wildman–Crippen LogP) is 2.21. The van der Waals surface area contributed by atoms with Gasteiger partial charge in [0.25, 0.3) is 5.56 Å². The molecular formula is C20H22ClN5O3. The molecular weight excluding hydrogens is 394 g/mol. The van der Waals surface area contributed by atoms with Crippen molar-refractivity contribution in [1.29, 1.82) is 0 Å². The Hall–Kier alpha value is -3.00. The molecule has 0 atom stereocenters. The molecule has 1 amide bonds. The molecule has 2 heterocycles. The van der Waals surface area contributed by atoms with E-state index >= 15 is 0 Å². The van der Waals surface area contributed by atoms with Gasteiger partial charge in [-0.3, -0.25) is 18.7 Å². The molecule has 0 saturated carbocycles. The lowest BCUT2D eigenvalue weighted by Gasteiger charge is -2.12. The minimum Gasteiger partial charge on any atom is -0.355 e. The van der Waals surface area contributed by atoms with Gasteiger partial charge in [-0.25, -0.2) is 14.8 Å². The van der Waals surface area contributed by atoms with Crippen LogP contribution in [0.5, 0.6) is 0 Å². The third-order valence-corrected chi connectivity index (χ3v) is 4.79. The monoisotopic (exact) mass is 415 g/mol. The fourth-order valence-corrected chi connectivity index (χ4v) is 3.09. The summed E-state index contributed by atoms with van der Waals surface area (Å²) in [4.78, 5) is 46.6. The molecule has 0 aliphatic heterocycles. The van der Waals surface area contributed by atoms with Crippen molar-refractivity contribution >= 4 is 28.5 Å². The van der Waals surface area contributed by atoms with Crippen LogP contribution >= 0.6 is 11.6 Å². The second-order valence-electron chi connectivity index (χ2n) is 6.56. The maximum absolute atomic E-state index is 12.9. The molecule has 0 aliphatic rings. The van der Waals surface area contributed by atoms with Gasteiger partial charge in [0, 0.05) is 29.9 Å². The number of carbonyl (C=O) groups excluding carboxylic acids is 1. The summed E-state index contributed by atoms with van der Waals surface area (Å²) in [6.07, 6.45) is 3.16. The van der Waals surface area contributed by atoms with Crippen LogP contribution in [0.3, 0.4) is 0 Å². The highest BCUT2D eigenvalue weighted by atomic mass is 35.5. The van der Waals surface area contributed by atoms with Crippen LogP contribution in [0.2, 0.25) is 5.02 Å². The van der Waals surface area contributed by atoms with Crippen molar-refractivity contribution in [1.82, 2.24) is 24.4 Å². The van der Waals surface area contributed by atoms with Crippen LogP contribution in [0.1, 0.15) is 26.7 Å². The number of hydrogen-bond donors (Lipinski definition) is 1. The van der Waals surface area contributed by atoms with Gasteiger partial charge < -0.3 is 5.32 Å². The van der Waals surface area contributed by atoms with Crippen LogP contribution in [0.4, 0.5) is 0 Å². The highest BCUT2D eigenvalue weighted by molar-refractivity contribution is 6.30. The second-order valence-corrected chi connectivity index (χ2v) is 7.00. The first-order chi connectivity index (χ1) is 14.0. The Balaban J connectivity index is 2.07. The molecule has 1 aromatic carbocycles. The normalized spacial score (nSPS) is 11.0. The number of nitrogens with one attached hydrogen (secondary N) is 1. The van der Waals surface area contributed by atoms with E-state index in [1.165, 1.54) is 10.8 Å². The number of aromatic nitrogens is 4. The quantitative estimate of drug-likeness (QED) is 0.596. The third-order valence-electron chi connectivity index (χ3n) is 4.53. The Kier molecular flexibility index (Phi) is 6.43. The lowest BCUT2D eigenvalue weighted by molar-refractivity contribution is -0.121. The van der Waals surface area contributed by atoms with Gasteiger partial charge in [-0.2, -0.15) is 0 Å². The summed E-state index contributed by atoms with van der Waals surface area (Å²) in [5.74, 6) is 0.00332. The summed E-state index contributed by atoms with van der Waals surface area (Å²) in [5, 5.41) is 3.49. The molecule has 0 fully saturated rings. The molecule has 0 spiro atoms. The topological polar surface area (TPSA) is 98.9 Å². The Morgan fingerprint density at radius 2 is 1.86 bits per heavy atom. The van der Waals surface area contributed by atoms with Gasteiger partial charge in [0.1, 0.15) is 11.9 Å². The second kappa shape index (κ2) is 9.00. The van der Waals surface area contributed by atoms with Crippen molar-refractivity contribution in [3.05, 3.63) is 56.3 Å². The van der Waals surface area contributed by atoms with Crippen LogP contribution in [-0.2, 0) is 17.9 Å². The SMILES string of the molecule is CCCCNC(=O)Cn1c(=O)c2cnc(-c3ccc(Cl)cc3)nc2n(CC)c1=O. The van der Waals surface area contributed by atoms with Crippen LogP contribution in [0, 0.1) is 0 Å². The van der Waals surface area contributed by atoms with E-state index in [1.807, 2.05) is 6.92 Å². The van der Waals surface area contributed by atoms with E-state index in [2.05, 4.69) is 15.3 Å². The molecule has 0 bridgehead atoms. The van der Waals surface area contributed by atoms with Crippen molar-refractivity contribution in [2.45, 2.75) is 39.8 Å². The highest BCUT2D eigenvalue weighted by Gasteiger charge is 2.17. The number of unbranched alkanes of at least 4 members (excludes halogenated alkanes) is 1. The summed E-state index contributed by atoms with van der Waals surface area (Å²) in [6.45, 7) is 4.26. The van der Waals surface area contributed by atoms with Crippen molar-refractivity contribution in [3.8, 4) is 11.4 Å². The number of hydrogen-bond acceptors (Lipinski definition) is 5. The summed E-state index contributed by atoms with van der Waals surface area (Å²) >= 11 is 5.92. The first-order valence-corrected chi connectivity index (χ1v) is 9.87. The van der Waals surface area contributed by atoms with Gasteiger partial charge in [0.15, 0.2) is 11.5 Å². The summed E-state index contributed by atoms with van der Waals surface area (Å²) in [7, 11) is 0. The first-order valence-electron chi connectivity index (χ1n) is 9.49. The van der Waals surface area contributed by atoms with E-state index < -0.39 is 11.2 Å². The number of aryl methyl sites for hydroxylation is 1. The zero-order chi connectivity index (χ0) is 21.0. The third kappa shape index (κ3) is 4.37.